The minimum atomic E-state index is 1.03. The second kappa shape index (κ2) is 5.08. The Kier molecular flexibility index (Phi) is 3.29. The van der Waals surface area contributed by atoms with Gasteiger partial charge in [-0.2, -0.15) is 0 Å². The molecule has 0 atom stereocenters. The van der Waals surface area contributed by atoms with Crippen LogP contribution < -0.4 is 5.32 Å². The summed E-state index contributed by atoms with van der Waals surface area (Å²) < 4.78 is 0. The lowest BCUT2D eigenvalue weighted by molar-refractivity contribution is 0.829. The summed E-state index contributed by atoms with van der Waals surface area (Å²) in [6.45, 7) is 5.45. The van der Waals surface area contributed by atoms with Gasteiger partial charge in [0.25, 0.3) is 0 Å². The standard InChI is InChI=1S/C18H21N/c1-13-8-14(2)10-16(9-13)11-15-5-6-17-4-3-7-19-18(17)12-15/h5-6,8-10,12,19H,3-4,7,11H2,1-2H3. The van der Waals surface area contributed by atoms with Gasteiger partial charge in [-0.3, -0.25) is 0 Å². The molecule has 1 aliphatic rings. The highest BCUT2D eigenvalue weighted by atomic mass is 14.9. The molecule has 1 N–H and O–H groups in total. The van der Waals surface area contributed by atoms with Gasteiger partial charge >= 0.3 is 0 Å². The van der Waals surface area contributed by atoms with E-state index in [1.54, 1.807) is 0 Å². The Morgan fingerprint density at radius 2 is 1.74 bits per heavy atom. The van der Waals surface area contributed by atoms with Gasteiger partial charge in [-0.05, 0) is 55.9 Å². The van der Waals surface area contributed by atoms with Gasteiger partial charge in [0.15, 0.2) is 0 Å². The van der Waals surface area contributed by atoms with Gasteiger partial charge in [-0.25, -0.2) is 0 Å². The highest BCUT2D eigenvalue weighted by Gasteiger charge is 2.09. The molecule has 3 rings (SSSR count). The number of benzene rings is 2. The fourth-order valence-corrected chi connectivity index (χ4v) is 3.02. The van der Waals surface area contributed by atoms with E-state index in [0.29, 0.717) is 0 Å². The van der Waals surface area contributed by atoms with Crippen molar-refractivity contribution < 1.29 is 0 Å². The number of fused-ring (bicyclic) bond motifs is 1. The molecule has 0 aromatic heterocycles. The zero-order valence-electron chi connectivity index (χ0n) is 11.8. The minimum absolute atomic E-state index is 1.03. The van der Waals surface area contributed by atoms with Crippen LogP contribution in [-0.2, 0) is 12.8 Å². The zero-order chi connectivity index (χ0) is 13.2. The maximum Gasteiger partial charge on any atom is 0.0375 e. The molecule has 0 spiro atoms. The number of nitrogens with one attached hydrogen (secondary N) is 1. The molecule has 0 radical (unpaired) electrons. The summed E-state index contributed by atoms with van der Waals surface area (Å²) in [6, 6.07) is 13.7. The summed E-state index contributed by atoms with van der Waals surface area (Å²) in [4.78, 5) is 0. The predicted octanol–water partition coefficient (Wildman–Crippen LogP) is 4.25. The molecule has 0 fully saturated rings. The summed E-state index contributed by atoms with van der Waals surface area (Å²) in [7, 11) is 0. The molecular weight excluding hydrogens is 230 g/mol. The molecule has 0 aliphatic carbocycles. The first kappa shape index (κ1) is 12.3. The van der Waals surface area contributed by atoms with E-state index in [1.807, 2.05) is 0 Å². The summed E-state index contributed by atoms with van der Waals surface area (Å²) in [5, 5.41) is 3.51. The molecule has 0 saturated heterocycles. The van der Waals surface area contributed by atoms with Crippen molar-refractivity contribution in [3.8, 4) is 0 Å². The van der Waals surface area contributed by atoms with E-state index in [4.69, 9.17) is 0 Å². The van der Waals surface area contributed by atoms with Gasteiger partial charge < -0.3 is 5.32 Å². The van der Waals surface area contributed by atoms with Gasteiger partial charge in [-0.1, -0.05) is 41.5 Å². The van der Waals surface area contributed by atoms with Crippen LogP contribution in [0.2, 0.25) is 0 Å². The third-order valence-electron chi connectivity index (χ3n) is 3.80. The van der Waals surface area contributed by atoms with Crippen LogP contribution in [0.25, 0.3) is 0 Å². The van der Waals surface area contributed by atoms with Gasteiger partial charge in [0.05, 0.1) is 0 Å². The molecule has 1 heterocycles. The average Bonchev–Trinajstić information content (AvgIpc) is 2.37. The molecule has 1 heteroatoms. The third-order valence-corrected chi connectivity index (χ3v) is 3.80. The van der Waals surface area contributed by atoms with Crippen molar-refractivity contribution in [3.63, 3.8) is 0 Å². The third kappa shape index (κ3) is 2.81. The molecule has 0 bridgehead atoms. The topological polar surface area (TPSA) is 12.0 Å². The Bertz CT molecular complexity index is 578. The van der Waals surface area contributed by atoms with Crippen LogP contribution in [-0.4, -0.2) is 6.54 Å². The van der Waals surface area contributed by atoms with E-state index < -0.39 is 0 Å². The number of hydrogen-bond donors (Lipinski definition) is 1. The van der Waals surface area contributed by atoms with E-state index in [9.17, 15) is 0 Å². The normalized spacial score (nSPS) is 13.8. The lowest BCUT2D eigenvalue weighted by Crippen LogP contribution is -2.11. The van der Waals surface area contributed by atoms with E-state index in [0.717, 1.165) is 13.0 Å². The maximum atomic E-state index is 3.51. The van der Waals surface area contributed by atoms with E-state index in [-0.39, 0.29) is 0 Å². The van der Waals surface area contributed by atoms with Crippen molar-refractivity contribution in [3.05, 3.63) is 64.2 Å². The van der Waals surface area contributed by atoms with Gasteiger partial charge in [0.1, 0.15) is 0 Å². The highest BCUT2D eigenvalue weighted by molar-refractivity contribution is 5.55. The Hall–Kier alpha value is -1.76. The lowest BCUT2D eigenvalue weighted by atomic mass is 9.97. The van der Waals surface area contributed by atoms with Crippen LogP contribution in [0, 0.1) is 13.8 Å². The molecule has 19 heavy (non-hydrogen) atoms. The Labute approximate surface area is 115 Å². The lowest BCUT2D eigenvalue weighted by Gasteiger charge is -2.18. The van der Waals surface area contributed by atoms with Crippen LogP contribution in [0.1, 0.15) is 34.2 Å². The number of hydrogen-bond acceptors (Lipinski definition) is 1. The zero-order valence-corrected chi connectivity index (χ0v) is 11.8. The van der Waals surface area contributed by atoms with E-state index in [1.165, 1.54) is 46.3 Å². The van der Waals surface area contributed by atoms with Crippen molar-refractivity contribution in [1.82, 2.24) is 0 Å². The van der Waals surface area contributed by atoms with Crippen molar-refractivity contribution >= 4 is 5.69 Å². The van der Waals surface area contributed by atoms with Crippen molar-refractivity contribution in [2.45, 2.75) is 33.1 Å². The molecule has 98 valence electrons. The fraction of sp³-hybridized carbons (Fsp3) is 0.333. The predicted molar refractivity (Wildman–Crippen MR) is 82.0 cm³/mol. The molecule has 2 aromatic rings. The molecule has 0 saturated carbocycles. The molecular formula is C18H21N. The minimum Gasteiger partial charge on any atom is -0.385 e. The SMILES string of the molecule is Cc1cc(C)cc(Cc2ccc3c(c2)NCCC3)c1. The number of aryl methyl sites for hydroxylation is 3. The van der Waals surface area contributed by atoms with Crippen LogP contribution in [0.15, 0.2) is 36.4 Å². The summed E-state index contributed by atoms with van der Waals surface area (Å²) in [6.07, 6.45) is 3.49. The van der Waals surface area contributed by atoms with Gasteiger partial charge in [-0.15, -0.1) is 0 Å². The van der Waals surface area contributed by atoms with Crippen LogP contribution in [0.3, 0.4) is 0 Å². The Morgan fingerprint density at radius 1 is 0.947 bits per heavy atom. The summed E-state index contributed by atoms with van der Waals surface area (Å²) in [5.41, 5.74) is 8.33. The second-order valence-electron chi connectivity index (χ2n) is 5.69. The van der Waals surface area contributed by atoms with Crippen LogP contribution in [0.5, 0.6) is 0 Å². The quantitative estimate of drug-likeness (QED) is 0.841. The van der Waals surface area contributed by atoms with Crippen LogP contribution in [0.4, 0.5) is 5.69 Å². The van der Waals surface area contributed by atoms with Crippen molar-refractivity contribution in [2.24, 2.45) is 0 Å². The van der Waals surface area contributed by atoms with Gasteiger partial charge in [0.2, 0.25) is 0 Å². The van der Waals surface area contributed by atoms with Crippen molar-refractivity contribution in [2.75, 3.05) is 11.9 Å². The number of rotatable bonds is 2. The van der Waals surface area contributed by atoms with Gasteiger partial charge in [0, 0.05) is 12.2 Å². The Morgan fingerprint density at radius 3 is 2.53 bits per heavy atom. The summed E-state index contributed by atoms with van der Waals surface area (Å²) >= 11 is 0. The maximum absolute atomic E-state index is 3.51. The monoisotopic (exact) mass is 251 g/mol. The first-order valence-corrected chi connectivity index (χ1v) is 7.13. The first-order valence-electron chi connectivity index (χ1n) is 7.13. The fourth-order valence-electron chi connectivity index (χ4n) is 3.02. The average molecular weight is 251 g/mol. The Balaban J connectivity index is 1.86. The van der Waals surface area contributed by atoms with Crippen molar-refractivity contribution in [1.29, 1.82) is 0 Å². The highest BCUT2D eigenvalue weighted by Crippen LogP contribution is 2.24. The smallest absolute Gasteiger partial charge is 0.0375 e. The molecule has 2 aromatic carbocycles. The van der Waals surface area contributed by atoms with E-state index in [2.05, 4.69) is 55.6 Å². The largest absolute Gasteiger partial charge is 0.385 e. The second-order valence-corrected chi connectivity index (χ2v) is 5.69. The molecule has 0 amide bonds. The summed E-state index contributed by atoms with van der Waals surface area (Å²) in [5.74, 6) is 0. The number of anilines is 1. The molecule has 0 unspecified atom stereocenters. The first-order chi connectivity index (χ1) is 9.20. The van der Waals surface area contributed by atoms with Crippen LogP contribution >= 0.6 is 0 Å². The molecule has 1 aliphatic heterocycles. The van der Waals surface area contributed by atoms with E-state index >= 15 is 0 Å². The molecule has 1 nitrogen and oxygen atoms in total.